The van der Waals surface area contributed by atoms with Crippen molar-refractivity contribution in [1.82, 2.24) is 4.98 Å². The Morgan fingerprint density at radius 3 is 2.43 bits per heavy atom. The Bertz CT molecular complexity index is 1350. The molecule has 6 nitrogen and oxygen atoms in total. The molecule has 1 amide bonds. The van der Waals surface area contributed by atoms with E-state index in [9.17, 15) is 13.2 Å². The maximum atomic E-state index is 12.9. The molecule has 0 spiro atoms. The second kappa shape index (κ2) is 7.89. The van der Waals surface area contributed by atoms with Gasteiger partial charge in [-0.3, -0.25) is 14.8 Å². The molecule has 30 heavy (non-hydrogen) atoms. The predicted molar refractivity (Wildman–Crippen MR) is 121 cm³/mol. The fourth-order valence-corrected chi connectivity index (χ4v) is 5.30. The lowest BCUT2D eigenvalue weighted by Crippen LogP contribution is -2.18. The van der Waals surface area contributed by atoms with Gasteiger partial charge in [0.2, 0.25) is 0 Å². The van der Waals surface area contributed by atoms with Gasteiger partial charge in [0.15, 0.2) is 5.13 Å². The van der Waals surface area contributed by atoms with Crippen molar-refractivity contribution < 1.29 is 13.2 Å². The maximum Gasteiger partial charge on any atom is 0.261 e. The van der Waals surface area contributed by atoms with Crippen LogP contribution in [0.5, 0.6) is 0 Å². The Morgan fingerprint density at radius 2 is 1.67 bits per heavy atom. The molecule has 0 saturated carbocycles. The second-order valence-electron chi connectivity index (χ2n) is 6.87. The van der Waals surface area contributed by atoms with E-state index < -0.39 is 15.9 Å². The Morgan fingerprint density at radius 1 is 0.967 bits per heavy atom. The summed E-state index contributed by atoms with van der Waals surface area (Å²) in [7, 11) is -3.82. The lowest BCUT2D eigenvalue weighted by Gasteiger charge is -2.12. The van der Waals surface area contributed by atoms with E-state index in [0.29, 0.717) is 5.13 Å². The van der Waals surface area contributed by atoms with Gasteiger partial charge in [-0.05, 0) is 55.3 Å². The molecule has 0 fully saturated rings. The Balaban J connectivity index is 1.62. The molecule has 1 heterocycles. The minimum Gasteiger partial charge on any atom is -0.298 e. The number of anilines is 2. The van der Waals surface area contributed by atoms with Crippen LogP contribution in [0.2, 0.25) is 0 Å². The highest BCUT2D eigenvalue weighted by atomic mass is 32.2. The van der Waals surface area contributed by atoms with Crippen LogP contribution >= 0.6 is 11.3 Å². The Labute approximate surface area is 178 Å². The van der Waals surface area contributed by atoms with Crippen LogP contribution in [-0.2, 0) is 10.0 Å². The summed E-state index contributed by atoms with van der Waals surface area (Å²) < 4.78 is 28.8. The van der Waals surface area contributed by atoms with Gasteiger partial charge in [0.05, 0.1) is 26.4 Å². The number of para-hydroxylation sites is 1. The fraction of sp³-hybridized carbons (Fsp3) is 0.0909. The summed E-state index contributed by atoms with van der Waals surface area (Å²) in [6.07, 6.45) is 0. The van der Waals surface area contributed by atoms with Crippen molar-refractivity contribution in [1.29, 1.82) is 0 Å². The van der Waals surface area contributed by atoms with Gasteiger partial charge in [-0.15, -0.1) is 0 Å². The van der Waals surface area contributed by atoms with Gasteiger partial charge in [-0.25, -0.2) is 13.4 Å². The van der Waals surface area contributed by atoms with E-state index in [4.69, 9.17) is 0 Å². The number of thiazole rings is 1. The summed E-state index contributed by atoms with van der Waals surface area (Å²) in [5, 5.41) is 3.26. The number of nitrogens with zero attached hydrogens (tertiary/aromatic N) is 1. The number of aromatic nitrogens is 1. The van der Waals surface area contributed by atoms with Crippen molar-refractivity contribution in [2.45, 2.75) is 18.7 Å². The average molecular weight is 438 g/mol. The minimum absolute atomic E-state index is 0.122. The fourth-order valence-electron chi connectivity index (χ4n) is 3.16. The number of sulfonamides is 1. The van der Waals surface area contributed by atoms with Crippen LogP contribution in [0.25, 0.3) is 10.2 Å². The first-order chi connectivity index (χ1) is 14.3. The van der Waals surface area contributed by atoms with E-state index in [2.05, 4.69) is 15.0 Å². The molecule has 4 rings (SSSR count). The van der Waals surface area contributed by atoms with Crippen LogP contribution in [0.1, 0.15) is 21.5 Å². The van der Waals surface area contributed by atoms with Crippen molar-refractivity contribution >= 4 is 48.3 Å². The number of aryl methyl sites for hydroxylation is 2. The quantitative estimate of drug-likeness (QED) is 0.462. The third kappa shape index (κ3) is 4.05. The molecule has 1 aromatic heterocycles. The van der Waals surface area contributed by atoms with Crippen LogP contribution in [0.4, 0.5) is 10.8 Å². The molecule has 0 atom stereocenters. The average Bonchev–Trinajstić information content (AvgIpc) is 3.11. The van der Waals surface area contributed by atoms with Gasteiger partial charge < -0.3 is 0 Å². The number of rotatable bonds is 5. The summed E-state index contributed by atoms with van der Waals surface area (Å²) in [6, 6.07) is 18.6. The van der Waals surface area contributed by atoms with Crippen molar-refractivity contribution in [3.63, 3.8) is 0 Å². The molecule has 0 aliphatic heterocycles. The highest BCUT2D eigenvalue weighted by Gasteiger charge is 2.19. The van der Waals surface area contributed by atoms with Crippen LogP contribution in [0, 0.1) is 13.8 Å². The topological polar surface area (TPSA) is 88.2 Å². The molecule has 0 saturated heterocycles. The van der Waals surface area contributed by atoms with E-state index in [-0.39, 0.29) is 16.1 Å². The summed E-state index contributed by atoms with van der Waals surface area (Å²) >= 11 is 1.38. The lowest BCUT2D eigenvalue weighted by molar-refractivity contribution is 0.102. The van der Waals surface area contributed by atoms with Gasteiger partial charge >= 0.3 is 0 Å². The highest BCUT2D eigenvalue weighted by Crippen LogP contribution is 2.30. The molecule has 152 valence electrons. The number of benzene rings is 3. The molecule has 3 aromatic carbocycles. The largest absolute Gasteiger partial charge is 0.298 e. The summed E-state index contributed by atoms with van der Waals surface area (Å²) in [5.41, 5.74) is 3.43. The zero-order chi connectivity index (χ0) is 21.3. The van der Waals surface area contributed by atoms with Gasteiger partial charge in [-0.1, -0.05) is 47.7 Å². The third-order valence-electron chi connectivity index (χ3n) is 4.52. The van der Waals surface area contributed by atoms with E-state index in [1.54, 1.807) is 42.5 Å². The number of amides is 1. The predicted octanol–water partition coefficient (Wildman–Crippen LogP) is 4.97. The number of carbonyl (C=O) groups excluding carboxylic acids is 1. The van der Waals surface area contributed by atoms with Gasteiger partial charge in [0.25, 0.3) is 15.9 Å². The SMILES string of the molecule is Cc1cc(C)c2nc(NC(=O)c3ccccc3NS(=O)(=O)c3ccccc3)sc2c1. The zero-order valence-corrected chi connectivity index (χ0v) is 18.0. The molecule has 0 bridgehead atoms. The maximum absolute atomic E-state index is 12.9. The van der Waals surface area contributed by atoms with Crippen molar-refractivity contribution in [3.05, 3.63) is 83.4 Å². The van der Waals surface area contributed by atoms with Crippen LogP contribution in [0.3, 0.4) is 0 Å². The van der Waals surface area contributed by atoms with E-state index in [1.807, 2.05) is 26.0 Å². The molecule has 0 aliphatic carbocycles. The number of nitrogens with one attached hydrogen (secondary N) is 2. The Hall–Kier alpha value is -3.23. The standard InChI is InChI=1S/C22H19N3O3S2/c1-14-12-15(2)20-19(13-14)29-22(23-20)24-21(26)17-10-6-7-11-18(17)25-30(27,28)16-8-4-3-5-9-16/h3-13,25H,1-2H3,(H,23,24,26). The first-order valence-corrected chi connectivity index (χ1v) is 11.5. The van der Waals surface area contributed by atoms with Crippen LogP contribution in [0.15, 0.2) is 71.6 Å². The van der Waals surface area contributed by atoms with Crippen molar-refractivity contribution in [2.75, 3.05) is 10.0 Å². The van der Waals surface area contributed by atoms with Gasteiger partial charge in [0.1, 0.15) is 0 Å². The van der Waals surface area contributed by atoms with Crippen molar-refractivity contribution in [3.8, 4) is 0 Å². The third-order valence-corrected chi connectivity index (χ3v) is 6.82. The smallest absolute Gasteiger partial charge is 0.261 e. The van der Waals surface area contributed by atoms with Gasteiger partial charge in [-0.2, -0.15) is 0 Å². The molecule has 0 radical (unpaired) electrons. The molecule has 2 N–H and O–H groups in total. The number of carbonyl (C=O) groups is 1. The molecular weight excluding hydrogens is 418 g/mol. The zero-order valence-electron chi connectivity index (χ0n) is 16.3. The molecule has 4 aromatic rings. The molecule has 8 heteroatoms. The van der Waals surface area contributed by atoms with E-state index in [0.717, 1.165) is 21.3 Å². The van der Waals surface area contributed by atoms with Gasteiger partial charge in [0, 0.05) is 0 Å². The first-order valence-electron chi connectivity index (χ1n) is 9.19. The molecule has 0 unspecified atom stereocenters. The Kier molecular flexibility index (Phi) is 5.27. The number of fused-ring (bicyclic) bond motifs is 1. The normalized spacial score (nSPS) is 11.4. The second-order valence-corrected chi connectivity index (χ2v) is 9.58. The summed E-state index contributed by atoms with van der Waals surface area (Å²) in [4.78, 5) is 17.5. The monoisotopic (exact) mass is 437 g/mol. The number of hydrogen-bond acceptors (Lipinski definition) is 5. The summed E-state index contributed by atoms with van der Waals surface area (Å²) in [5.74, 6) is -0.435. The number of hydrogen-bond donors (Lipinski definition) is 2. The minimum atomic E-state index is -3.82. The summed E-state index contributed by atoms with van der Waals surface area (Å²) in [6.45, 7) is 3.99. The highest BCUT2D eigenvalue weighted by molar-refractivity contribution is 7.92. The molecular formula is C22H19N3O3S2. The van der Waals surface area contributed by atoms with Crippen molar-refractivity contribution in [2.24, 2.45) is 0 Å². The van der Waals surface area contributed by atoms with E-state index in [1.165, 1.54) is 23.5 Å². The lowest BCUT2D eigenvalue weighted by atomic mass is 10.1. The molecule has 0 aliphatic rings. The van der Waals surface area contributed by atoms with Crippen LogP contribution < -0.4 is 10.0 Å². The van der Waals surface area contributed by atoms with E-state index >= 15 is 0 Å². The first kappa shape index (κ1) is 20.1. The van der Waals surface area contributed by atoms with Crippen LogP contribution in [-0.4, -0.2) is 19.3 Å².